The molecule has 2 aromatic heterocycles. The van der Waals surface area contributed by atoms with E-state index in [-0.39, 0.29) is 5.91 Å². The molecule has 94 valence electrons. The smallest absolute Gasteiger partial charge is 0.226 e. The van der Waals surface area contributed by atoms with Crippen LogP contribution in [0.25, 0.3) is 0 Å². The fourth-order valence-electron chi connectivity index (χ4n) is 1.32. The normalized spacial score (nSPS) is 10.0. The predicted octanol–water partition coefficient (Wildman–Crippen LogP) is 0.997. The molecule has 0 unspecified atom stereocenters. The maximum Gasteiger partial charge on any atom is 0.226 e. The Morgan fingerprint density at radius 3 is 3.17 bits per heavy atom. The van der Waals surface area contributed by atoms with E-state index in [0.29, 0.717) is 31.1 Å². The van der Waals surface area contributed by atoms with Gasteiger partial charge in [-0.05, 0) is 18.6 Å². The van der Waals surface area contributed by atoms with Crippen LogP contribution in [0.15, 0.2) is 30.9 Å². The van der Waals surface area contributed by atoms with Crippen molar-refractivity contribution in [2.24, 2.45) is 0 Å². The fourth-order valence-corrected chi connectivity index (χ4v) is 1.32. The summed E-state index contributed by atoms with van der Waals surface area (Å²) in [6.45, 7) is 0.468. The van der Waals surface area contributed by atoms with E-state index in [1.807, 2.05) is 6.07 Å². The minimum Gasteiger partial charge on any atom is -0.492 e. The molecular weight excluding hydrogens is 234 g/mol. The zero-order chi connectivity index (χ0) is 12.6. The minimum absolute atomic E-state index is 0.124. The Kier molecular flexibility index (Phi) is 4.23. The number of hydrogen-bond donors (Lipinski definition) is 2. The van der Waals surface area contributed by atoms with Crippen LogP contribution in [-0.2, 0) is 4.79 Å². The van der Waals surface area contributed by atoms with Crippen molar-refractivity contribution < 1.29 is 9.53 Å². The van der Waals surface area contributed by atoms with Crippen LogP contribution < -0.4 is 10.1 Å². The zero-order valence-corrected chi connectivity index (χ0v) is 9.67. The van der Waals surface area contributed by atoms with Crippen LogP contribution >= 0.6 is 0 Å². The van der Waals surface area contributed by atoms with Crippen LogP contribution in [0.1, 0.15) is 12.8 Å². The van der Waals surface area contributed by atoms with Gasteiger partial charge >= 0.3 is 0 Å². The number of aromatic nitrogens is 4. The number of carbonyl (C=O) groups excluding carboxylic acids is 1. The van der Waals surface area contributed by atoms with Crippen molar-refractivity contribution in [3.05, 3.63) is 30.9 Å². The van der Waals surface area contributed by atoms with Crippen LogP contribution in [0.2, 0.25) is 0 Å². The lowest BCUT2D eigenvalue weighted by Gasteiger charge is -2.05. The number of rotatable bonds is 6. The Hall–Kier alpha value is -2.44. The Morgan fingerprint density at radius 1 is 1.50 bits per heavy atom. The Labute approximate surface area is 104 Å². The van der Waals surface area contributed by atoms with Crippen molar-refractivity contribution >= 4 is 11.9 Å². The summed E-state index contributed by atoms with van der Waals surface area (Å²) in [6, 6.07) is 3.62. The molecule has 0 aromatic carbocycles. The average Bonchev–Trinajstić information content (AvgIpc) is 2.89. The highest BCUT2D eigenvalue weighted by Gasteiger charge is 2.03. The Bertz CT molecular complexity index is 471. The first-order valence-electron chi connectivity index (χ1n) is 5.52. The zero-order valence-electron chi connectivity index (χ0n) is 9.67. The largest absolute Gasteiger partial charge is 0.492 e. The third kappa shape index (κ3) is 3.85. The van der Waals surface area contributed by atoms with Crippen molar-refractivity contribution in [2.75, 3.05) is 11.9 Å². The highest BCUT2D eigenvalue weighted by Crippen LogP contribution is 2.07. The first kappa shape index (κ1) is 12.0. The van der Waals surface area contributed by atoms with E-state index in [0.717, 1.165) is 0 Å². The number of carbonyl (C=O) groups is 1. The molecule has 0 atom stereocenters. The molecule has 0 saturated carbocycles. The second-order valence-electron chi connectivity index (χ2n) is 3.52. The summed E-state index contributed by atoms with van der Waals surface area (Å²) >= 11 is 0. The third-order valence-electron chi connectivity index (χ3n) is 2.12. The van der Waals surface area contributed by atoms with Crippen LogP contribution in [0.3, 0.4) is 0 Å². The van der Waals surface area contributed by atoms with E-state index in [4.69, 9.17) is 4.74 Å². The molecule has 0 bridgehead atoms. The van der Waals surface area contributed by atoms with Gasteiger partial charge in [-0.3, -0.25) is 15.1 Å². The third-order valence-corrected chi connectivity index (χ3v) is 2.12. The van der Waals surface area contributed by atoms with Gasteiger partial charge in [0, 0.05) is 12.6 Å². The highest BCUT2D eigenvalue weighted by molar-refractivity contribution is 5.88. The minimum atomic E-state index is -0.124. The van der Waals surface area contributed by atoms with Crippen molar-refractivity contribution in [2.45, 2.75) is 12.8 Å². The summed E-state index contributed by atoms with van der Waals surface area (Å²) in [5.41, 5.74) is 0. The Balaban J connectivity index is 1.62. The lowest BCUT2D eigenvalue weighted by atomic mass is 10.3. The topological polar surface area (TPSA) is 92.8 Å². The van der Waals surface area contributed by atoms with Crippen LogP contribution in [0.4, 0.5) is 5.95 Å². The lowest BCUT2D eigenvalue weighted by Crippen LogP contribution is -2.13. The van der Waals surface area contributed by atoms with Crippen molar-refractivity contribution in [1.29, 1.82) is 0 Å². The van der Waals surface area contributed by atoms with Gasteiger partial charge in [-0.2, -0.15) is 10.1 Å². The SMILES string of the molecule is O=C(CCCOc1cccnc1)Nc1ncn[nH]1. The molecule has 7 heteroatoms. The molecule has 0 aliphatic heterocycles. The number of H-pyrrole nitrogens is 1. The number of aromatic amines is 1. The van der Waals surface area contributed by atoms with Crippen molar-refractivity contribution in [3.63, 3.8) is 0 Å². The van der Waals surface area contributed by atoms with E-state index in [2.05, 4.69) is 25.5 Å². The van der Waals surface area contributed by atoms with E-state index in [1.165, 1.54) is 6.33 Å². The highest BCUT2D eigenvalue weighted by atomic mass is 16.5. The molecule has 1 amide bonds. The predicted molar refractivity (Wildman–Crippen MR) is 64.0 cm³/mol. The van der Waals surface area contributed by atoms with Gasteiger partial charge in [0.2, 0.25) is 11.9 Å². The number of hydrogen-bond acceptors (Lipinski definition) is 5. The molecule has 0 saturated heterocycles. The molecule has 2 N–H and O–H groups in total. The summed E-state index contributed by atoms with van der Waals surface area (Å²) in [7, 11) is 0. The van der Waals surface area contributed by atoms with Gasteiger partial charge in [0.15, 0.2) is 0 Å². The first-order valence-corrected chi connectivity index (χ1v) is 5.52. The van der Waals surface area contributed by atoms with Gasteiger partial charge in [-0.15, -0.1) is 0 Å². The van der Waals surface area contributed by atoms with Crippen LogP contribution in [0.5, 0.6) is 5.75 Å². The van der Waals surface area contributed by atoms with Crippen molar-refractivity contribution in [1.82, 2.24) is 20.2 Å². The standard InChI is InChI=1S/C11H13N5O2/c17-10(15-11-13-8-14-16-11)4-2-6-18-9-3-1-5-12-7-9/h1,3,5,7-8H,2,4,6H2,(H2,13,14,15,16,17). The van der Waals surface area contributed by atoms with Gasteiger partial charge in [-0.1, -0.05) is 0 Å². The lowest BCUT2D eigenvalue weighted by molar-refractivity contribution is -0.116. The molecule has 18 heavy (non-hydrogen) atoms. The second kappa shape index (κ2) is 6.33. The average molecular weight is 247 g/mol. The molecule has 0 aliphatic carbocycles. The second-order valence-corrected chi connectivity index (χ2v) is 3.52. The summed E-state index contributed by atoms with van der Waals surface area (Å²) in [5.74, 6) is 0.933. The van der Waals surface area contributed by atoms with Crippen LogP contribution in [0, 0.1) is 0 Å². The van der Waals surface area contributed by atoms with E-state index in [1.54, 1.807) is 18.5 Å². The Morgan fingerprint density at radius 2 is 2.44 bits per heavy atom. The maximum atomic E-state index is 11.5. The van der Waals surface area contributed by atoms with Gasteiger partial charge in [0.05, 0.1) is 12.8 Å². The van der Waals surface area contributed by atoms with E-state index in [9.17, 15) is 4.79 Å². The number of ether oxygens (including phenoxy) is 1. The maximum absolute atomic E-state index is 11.5. The number of anilines is 1. The quantitative estimate of drug-likeness (QED) is 0.743. The summed E-state index contributed by atoms with van der Waals surface area (Å²) in [6.07, 6.45) is 5.63. The molecular formula is C11H13N5O2. The number of nitrogens with one attached hydrogen (secondary N) is 2. The van der Waals surface area contributed by atoms with Crippen LogP contribution in [-0.4, -0.2) is 32.7 Å². The number of pyridine rings is 1. The van der Waals surface area contributed by atoms with Gasteiger partial charge < -0.3 is 4.74 Å². The molecule has 0 spiro atoms. The number of amides is 1. The summed E-state index contributed by atoms with van der Waals surface area (Å²) < 4.78 is 5.41. The first-order chi connectivity index (χ1) is 8.84. The molecule has 0 aliphatic rings. The molecule has 2 heterocycles. The molecule has 2 aromatic rings. The fraction of sp³-hybridized carbons (Fsp3) is 0.273. The molecule has 0 fully saturated rings. The number of nitrogens with zero attached hydrogens (tertiary/aromatic N) is 3. The van der Waals surface area contributed by atoms with Gasteiger partial charge in [0.25, 0.3) is 0 Å². The van der Waals surface area contributed by atoms with E-state index >= 15 is 0 Å². The molecule has 7 nitrogen and oxygen atoms in total. The summed E-state index contributed by atoms with van der Waals surface area (Å²) in [5, 5.41) is 8.77. The van der Waals surface area contributed by atoms with Gasteiger partial charge in [0.1, 0.15) is 12.1 Å². The van der Waals surface area contributed by atoms with E-state index < -0.39 is 0 Å². The van der Waals surface area contributed by atoms with Gasteiger partial charge in [-0.25, -0.2) is 5.10 Å². The molecule has 0 radical (unpaired) electrons. The summed E-state index contributed by atoms with van der Waals surface area (Å²) in [4.78, 5) is 19.2. The molecule has 2 rings (SSSR count). The van der Waals surface area contributed by atoms with Crippen molar-refractivity contribution in [3.8, 4) is 5.75 Å². The monoisotopic (exact) mass is 247 g/mol.